The van der Waals surface area contributed by atoms with E-state index in [1.54, 1.807) is 6.92 Å². The first-order chi connectivity index (χ1) is 7.05. The van der Waals surface area contributed by atoms with E-state index in [0.29, 0.717) is 0 Å². The van der Waals surface area contributed by atoms with Crippen LogP contribution in [-0.4, -0.2) is 30.1 Å². The standard InChI is InChI=1S/C12H25N3/c1-4-8-15(9-5-2)10-6-7-12(3,14)11-13/h4-10,14H2,1-3H3. The molecule has 0 aromatic rings. The van der Waals surface area contributed by atoms with E-state index in [9.17, 15) is 0 Å². The van der Waals surface area contributed by atoms with Crippen LogP contribution in [0.5, 0.6) is 0 Å². The van der Waals surface area contributed by atoms with E-state index in [4.69, 9.17) is 11.0 Å². The van der Waals surface area contributed by atoms with Gasteiger partial charge in [-0.2, -0.15) is 5.26 Å². The predicted octanol–water partition coefficient (Wildman–Crippen LogP) is 2.13. The van der Waals surface area contributed by atoms with E-state index in [-0.39, 0.29) is 0 Å². The fourth-order valence-electron chi connectivity index (χ4n) is 1.69. The van der Waals surface area contributed by atoms with E-state index < -0.39 is 5.54 Å². The molecule has 88 valence electrons. The quantitative estimate of drug-likeness (QED) is 0.669. The largest absolute Gasteiger partial charge is 0.314 e. The van der Waals surface area contributed by atoms with Crippen molar-refractivity contribution in [3.8, 4) is 6.07 Å². The Balaban J connectivity index is 3.75. The number of nitrogens with two attached hydrogens (primary N) is 1. The zero-order valence-corrected chi connectivity index (χ0v) is 10.4. The number of hydrogen-bond donors (Lipinski definition) is 1. The topological polar surface area (TPSA) is 53.0 Å². The maximum atomic E-state index is 8.78. The lowest BCUT2D eigenvalue weighted by Gasteiger charge is -2.22. The summed E-state index contributed by atoms with van der Waals surface area (Å²) in [7, 11) is 0. The van der Waals surface area contributed by atoms with Gasteiger partial charge in [0.15, 0.2) is 0 Å². The van der Waals surface area contributed by atoms with Crippen LogP contribution in [0.1, 0.15) is 46.5 Å². The summed E-state index contributed by atoms with van der Waals surface area (Å²) in [5, 5.41) is 8.78. The van der Waals surface area contributed by atoms with Gasteiger partial charge in [-0.1, -0.05) is 13.8 Å². The van der Waals surface area contributed by atoms with Crippen LogP contribution >= 0.6 is 0 Å². The van der Waals surface area contributed by atoms with E-state index in [2.05, 4.69) is 24.8 Å². The lowest BCUT2D eigenvalue weighted by molar-refractivity contribution is 0.263. The second-order valence-corrected chi connectivity index (χ2v) is 4.47. The molecule has 0 aliphatic heterocycles. The average molecular weight is 211 g/mol. The van der Waals surface area contributed by atoms with Gasteiger partial charge in [-0.05, 0) is 52.2 Å². The van der Waals surface area contributed by atoms with Crippen molar-refractivity contribution >= 4 is 0 Å². The lowest BCUT2D eigenvalue weighted by atomic mass is 9.99. The molecule has 1 unspecified atom stereocenters. The van der Waals surface area contributed by atoms with Crippen molar-refractivity contribution in [2.24, 2.45) is 5.73 Å². The van der Waals surface area contributed by atoms with Gasteiger partial charge in [0.1, 0.15) is 5.54 Å². The first-order valence-electron chi connectivity index (χ1n) is 5.98. The molecule has 3 nitrogen and oxygen atoms in total. The molecular formula is C12H25N3. The number of nitrogens with zero attached hydrogens (tertiary/aromatic N) is 2. The van der Waals surface area contributed by atoms with E-state index in [1.807, 2.05) is 0 Å². The van der Waals surface area contributed by atoms with Crippen LogP contribution in [0.4, 0.5) is 0 Å². The molecule has 0 spiro atoms. The highest BCUT2D eigenvalue weighted by molar-refractivity contribution is 5.00. The zero-order chi connectivity index (χ0) is 11.7. The smallest absolute Gasteiger partial charge is 0.101 e. The summed E-state index contributed by atoms with van der Waals surface area (Å²) < 4.78 is 0. The van der Waals surface area contributed by atoms with Crippen LogP contribution in [-0.2, 0) is 0 Å². The van der Waals surface area contributed by atoms with Gasteiger partial charge < -0.3 is 10.6 Å². The monoisotopic (exact) mass is 211 g/mol. The van der Waals surface area contributed by atoms with Crippen molar-refractivity contribution in [1.82, 2.24) is 4.90 Å². The van der Waals surface area contributed by atoms with Gasteiger partial charge in [-0.25, -0.2) is 0 Å². The highest BCUT2D eigenvalue weighted by Crippen LogP contribution is 2.08. The van der Waals surface area contributed by atoms with Gasteiger partial charge in [-0.3, -0.25) is 0 Å². The second kappa shape index (κ2) is 7.67. The predicted molar refractivity (Wildman–Crippen MR) is 64.5 cm³/mol. The van der Waals surface area contributed by atoms with Crippen LogP contribution in [0.15, 0.2) is 0 Å². The Hall–Kier alpha value is -0.590. The van der Waals surface area contributed by atoms with Crippen LogP contribution in [0.2, 0.25) is 0 Å². The Morgan fingerprint density at radius 3 is 2.13 bits per heavy atom. The summed E-state index contributed by atoms with van der Waals surface area (Å²) >= 11 is 0. The fraction of sp³-hybridized carbons (Fsp3) is 0.917. The Morgan fingerprint density at radius 1 is 1.20 bits per heavy atom. The second-order valence-electron chi connectivity index (χ2n) is 4.47. The number of nitriles is 1. The third-order valence-electron chi connectivity index (χ3n) is 2.51. The average Bonchev–Trinajstić information content (AvgIpc) is 2.18. The molecular weight excluding hydrogens is 186 g/mol. The van der Waals surface area contributed by atoms with Gasteiger partial charge in [0.25, 0.3) is 0 Å². The summed E-state index contributed by atoms with van der Waals surface area (Å²) in [6.07, 6.45) is 4.18. The molecule has 0 aromatic heterocycles. The van der Waals surface area contributed by atoms with E-state index in [0.717, 1.165) is 32.5 Å². The minimum atomic E-state index is -0.649. The molecule has 0 saturated carbocycles. The van der Waals surface area contributed by atoms with Gasteiger partial charge >= 0.3 is 0 Å². The number of hydrogen-bond acceptors (Lipinski definition) is 3. The Morgan fingerprint density at radius 2 is 1.73 bits per heavy atom. The van der Waals surface area contributed by atoms with Gasteiger partial charge in [-0.15, -0.1) is 0 Å². The normalized spacial score (nSPS) is 14.9. The fourth-order valence-corrected chi connectivity index (χ4v) is 1.69. The first-order valence-corrected chi connectivity index (χ1v) is 5.98. The van der Waals surface area contributed by atoms with Gasteiger partial charge in [0, 0.05) is 0 Å². The Bertz CT molecular complexity index is 188. The minimum absolute atomic E-state index is 0.649. The molecule has 0 rings (SSSR count). The van der Waals surface area contributed by atoms with E-state index >= 15 is 0 Å². The molecule has 0 radical (unpaired) electrons. The molecule has 0 fully saturated rings. The highest BCUT2D eigenvalue weighted by Gasteiger charge is 2.16. The zero-order valence-electron chi connectivity index (χ0n) is 10.4. The molecule has 0 bridgehead atoms. The van der Waals surface area contributed by atoms with Gasteiger partial charge in [0.05, 0.1) is 6.07 Å². The van der Waals surface area contributed by atoms with Crippen LogP contribution < -0.4 is 5.73 Å². The Labute approximate surface area is 94.2 Å². The molecule has 0 aliphatic carbocycles. The van der Waals surface area contributed by atoms with Crippen molar-refractivity contribution in [2.45, 2.75) is 52.0 Å². The molecule has 0 aliphatic rings. The van der Waals surface area contributed by atoms with Crippen molar-refractivity contribution in [1.29, 1.82) is 5.26 Å². The third kappa shape index (κ3) is 7.35. The Kier molecular flexibility index (Phi) is 7.37. The summed E-state index contributed by atoms with van der Waals surface area (Å²) in [5.41, 5.74) is 5.12. The summed E-state index contributed by atoms with van der Waals surface area (Å²) in [6, 6.07) is 2.14. The maximum Gasteiger partial charge on any atom is 0.101 e. The van der Waals surface area contributed by atoms with Crippen molar-refractivity contribution in [2.75, 3.05) is 19.6 Å². The van der Waals surface area contributed by atoms with Crippen LogP contribution in [0, 0.1) is 11.3 Å². The first kappa shape index (κ1) is 14.4. The summed E-state index contributed by atoms with van der Waals surface area (Å²) in [5.74, 6) is 0. The molecule has 0 aromatic carbocycles. The summed E-state index contributed by atoms with van der Waals surface area (Å²) in [4.78, 5) is 2.45. The third-order valence-corrected chi connectivity index (χ3v) is 2.51. The molecule has 2 N–H and O–H groups in total. The van der Waals surface area contributed by atoms with Crippen molar-refractivity contribution in [3.63, 3.8) is 0 Å². The minimum Gasteiger partial charge on any atom is -0.314 e. The van der Waals surface area contributed by atoms with Crippen LogP contribution in [0.3, 0.4) is 0 Å². The number of rotatable bonds is 8. The van der Waals surface area contributed by atoms with Crippen LogP contribution in [0.25, 0.3) is 0 Å². The molecule has 0 heterocycles. The summed E-state index contributed by atoms with van der Waals surface area (Å²) in [6.45, 7) is 9.58. The molecule has 0 saturated heterocycles. The SMILES string of the molecule is CCCN(CCC)CCCC(C)(N)C#N. The highest BCUT2D eigenvalue weighted by atomic mass is 15.1. The van der Waals surface area contributed by atoms with Crippen molar-refractivity contribution in [3.05, 3.63) is 0 Å². The molecule has 0 amide bonds. The lowest BCUT2D eigenvalue weighted by Crippen LogP contribution is -2.35. The molecule has 15 heavy (non-hydrogen) atoms. The van der Waals surface area contributed by atoms with Gasteiger partial charge in [0.2, 0.25) is 0 Å². The van der Waals surface area contributed by atoms with E-state index in [1.165, 1.54) is 12.8 Å². The molecule has 1 atom stereocenters. The maximum absolute atomic E-state index is 8.78. The van der Waals surface area contributed by atoms with Crippen molar-refractivity contribution < 1.29 is 0 Å². The molecule has 3 heteroatoms.